The first-order valence-electron chi connectivity index (χ1n) is 8.71. The Kier molecular flexibility index (Phi) is 7.20. The number of benzene rings is 2. The molecule has 2 aromatic rings. The molecular formula is C20H24N2O6. The zero-order valence-electron chi connectivity index (χ0n) is 16.4. The number of aryl methyl sites for hydroxylation is 2. The Labute approximate surface area is 163 Å². The van der Waals surface area contributed by atoms with Crippen molar-refractivity contribution in [2.75, 3.05) is 27.4 Å². The lowest BCUT2D eigenvalue weighted by atomic mass is 10.1. The van der Waals surface area contributed by atoms with E-state index in [1.807, 2.05) is 12.1 Å². The summed E-state index contributed by atoms with van der Waals surface area (Å²) < 4.78 is 15.9. The fourth-order valence-electron chi connectivity index (χ4n) is 2.83. The lowest BCUT2D eigenvalue weighted by molar-refractivity contribution is -0.385. The predicted octanol–water partition coefficient (Wildman–Crippen LogP) is 2.97. The van der Waals surface area contributed by atoms with Gasteiger partial charge in [0.1, 0.15) is 0 Å². The molecule has 2 aromatic carbocycles. The van der Waals surface area contributed by atoms with Crippen LogP contribution in [-0.2, 0) is 11.2 Å². The highest BCUT2D eigenvalue weighted by atomic mass is 16.6. The molecule has 8 heteroatoms. The Bertz CT molecular complexity index is 866. The van der Waals surface area contributed by atoms with Crippen molar-refractivity contribution in [1.82, 2.24) is 5.32 Å². The predicted molar refractivity (Wildman–Crippen MR) is 104 cm³/mol. The van der Waals surface area contributed by atoms with E-state index in [-0.39, 0.29) is 24.0 Å². The van der Waals surface area contributed by atoms with E-state index >= 15 is 0 Å². The Balaban J connectivity index is 1.90. The molecule has 0 atom stereocenters. The number of methoxy groups -OCH3 is 2. The second kappa shape index (κ2) is 9.59. The first-order valence-corrected chi connectivity index (χ1v) is 8.71. The van der Waals surface area contributed by atoms with Gasteiger partial charge in [-0.25, -0.2) is 0 Å². The molecule has 0 heterocycles. The van der Waals surface area contributed by atoms with Crippen LogP contribution < -0.4 is 19.5 Å². The van der Waals surface area contributed by atoms with Crippen molar-refractivity contribution in [3.05, 3.63) is 57.1 Å². The van der Waals surface area contributed by atoms with Gasteiger partial charge in [0.25, 0.3) is 5.91 Å². The van der Waals surface area contributed by atoms with Crippen molar-refractivity contribution in [2.45, 2.75) is 20.3 Å². The second-order valence-corrected chi connectivity index (χ2v) is 6.27. The third-order valence-corrected chi connectivity index (χ3v) is 4.13. The summed E-state index contributed by atoms with van der Waals surface area (Å²) in [5, 5.41) is 13.9. The summed E-state index contributed by atoms with van der Waals surface area (Å²) in [6, 6.07) is 8.75. The summed E-state index contributed by atoms with van der Waals surface area (Å²) >= 11 is 0. The highest BCUT2D eigenvalue weighted by molar-refractivity contribution is 5.77. The number of carbonyl (C=O) groups is 1. The molecule has 0 fully saturated rings. The molecule has 0 saturated carbocycles. The van der Waals surface area contributed by atoms with E-state index < -0.39 is 4.92 Å². The molecular weight excluding hydrogens is 364 g/mol. The van der Waals surface area contributed by atoms with E-state index in [2.05, 4.69) is 5.32 Å². The summed E-state index contributed by atoms with van der Waals surface area (Å²) in [7, 11) is 3.13. The second-order valence-electron chi connectivity index (χ2n) is 6.27. The van der Waals surface area contributed by atoms with E-state index in [0.717, 1.165) is 11.1 Å². The molecule has 0 aromatic heterocycles. The number of nitrogens with zero attached hydrogens (tertiary/aromatic N) is 1. The number of hydrogen-bond acceptors (Lipinski definition) is 6. The van der Waals surface area contributed by atoms with E-state index in [1.165, 1.54) is 6.07 Å². The van der Waals surface area contributed by atoms with Gasteiger partial charge in [0.2, 0.25) is 5.75 Å². The molecule has 0 radical (unpaired) electrons. The van der Waals surface area contributed by atoms with E-state index in [4.69, 9.17) is 14.2 Å². The summed E-state index contributed by atoms with van der Waals surface area (Å²) in [5.41, 5.74) is 2.21. The minimum absolute atomic E-state index is 0.116. The fraction of sp³-hybridized carbons (Fsp3) is 0.350. The molecule has 0 spiro atoms. The maximum absolute atomic E-state index is 12.0. The minimum atomic E-state index is -0.510. The summed E-state index contributed by atoms with van der Waals surface area (Å²) in [5.74, 6) is 1.02. The van der Waals surface area contributed by atoms with Gasteiger partial charge in [-0.1, -0.05) is 12.1 Å². The monoisotopic (exact) mass is 388 g/mol. The lowest BCUT2D eigenvalue weighted by Gasteiger charge is -2.12. The number of rotatable bonds is 9. The summed E-state index contributed by atoms with van der Waals surface area (Å²) in [6.45, 7) is 3.58. The van der Waals surface area contributed by atoms with E-state index in [9.17, 15) is 14.9 Å². The summed E-state index contributed by atoms with van der Waals surface area (Å²) in [6.07, 6.45) is 0.593. The van der Waals surface area contributed by atoms with Crippen LogP contribution in [0.3, 0.4) is 0 Å². The smallest absolute Gasteiger partial charge is 0.311 e. The van der Waals surface area contributed by atoms with Crippen LogP contribution in [0.1, 0.15) is 16.7 Å². The van der Waals surface area contributed by atoms with Gasteiger partial charge >= 0.3 is 5.69 Å². The molecule has 150 valence electrons. The Morgan fingerprint density at radius 3 is 2.46 bits per heavy atom. The third-order valence-electron chi connectivity index (χ3n) is 4.13. The van der Waals surface area contributed by atoms with Crippen LogP contribution >= 0.6 is 0 Å². The first kappa shape index (κ1) is 21.0. The maximum atomic E-state index is 12.0. The molecule has 0 aliphatic heterocycles. The maximum Gasteiger partial charge on any atom is 0.311 e. The van der Waals surface area contributed by atoms with Crippen LogP contribution in [0.4, 0.5) is 5.69 Å². The fourth-order valence-corrected chi connectivity index (χ4v) is 2.83. The minimum Gasteiger partial charge on any atom is -0.493 e. The Hall–Kier alpha value is -3.29. The largest absolute Gasteiger partial charge is 0.493 e. The van der Waals surface area contributed by atoms with Gasteiger partial charge in [-0.2, -0.15) is 0 Å². The molecule has 1 amide bonds. The van der Waals surface area contributed by atoms with Crippen LogP contribution in [0.15, 0.2) is 30.3 Å². The highest BCUT2D eigenvalue weighted by Gasteiger charge is 2.19. The molecule has 0 saturated heterocycles. The zero-order valence-corrected chi connectivity index (χ0v) is 16.4. The van der Waals surface area contributed by atoms with Crippen molar-refractivity contribution in [2.24, 2.45) is 0 Å². The number of hydrogen-bond donors (Lipinski definition) is 1. The number of ether oxygens (including phenoxy) is 3. The summed E-state index contributed by atoms with van der Waals surface area (Å²) in [4.78, 5) is 22.7. The normalized spacial score (nSPS) is 10.3. The van der Waals surface area contributed by atoms with Crippen molar-refractivity contribution in [3.63, 3.8) is 0 Å². The number of nitro groups is 1. The number of carbonyl (C=O) groups excluding carboxylic acids is 1. The van der Waals surface area contributed by atoms with Crippen molar-refractivity contribution >= 4 is 11.6 Å². The molecule has 8 nitrogen and oxygen atoms in total. The Morgan fingerprint density at radius 2 is 1.82 bits per heavy atom. The average molecular weight is 388 g/mol. The van der Waals surface area contributed by atoms with Crippen molar-refractivity contribution in [1.29, 1.82) is 0 Å². The van der Waals surface area contributed by atoms with Crippen molar-refractivity contribution in [3.8, 4) is 17.2 Å². The van der Waals surface area contributed by atoms with Crippen LogP contribution in [0.5, 0.6) is 17.2 Å². The van der Waals surface area contributed by atoms with Gasteiger partial charge in [0.05, 0.1) is 19.1 Å². The van der Waals surface area contributed by atoms with Crippen molar-refractivity contribution < 1.29 is 23.9 Å². The quantitative estimate of drug-likeness (QED) is 0.524. The first-order chi connectivity index (χ1) is 13.3. The molecule has 0 aliphatic rings. The molecule has 2 rings (SSSR count). The lowest BCUT2D eigenvalue weighted by Crippen LogP contribution is -2.30. The molecule has 28 heavy (non-hydrogen) atoms. The molecule has 0 bridgehead atoms. The van der Waals surface area contributed by atoms with Crippen LogP contribution in [-0.4, -0.2) is 38.2 Å². The number of amides is 1. The average Bonchev–Trinajstić information content (AvgIpc) is 2.66. The van der Waals surface area contributed by atoms with Gasteiger partial charge < -0.3 is 19.5 Å². The van der Waals surface area contributed by atoms with Crippen LogP contribution in [0, 0.1) is 24.0 Å². The third kappa shape index (κ3) is 5.35. The number of nitro benzene ring substituents is 1. The standard InChI is InChI=1S/C20H24N2O6/c1-13-9-14(2)20(16(10-13)22(24)25)28-12-19(23)21-8-7-15-5-6-17(26-3)18(11-15)27-4/h5-6,9-11H,7-8,12H2,1-4H3,(H,21,23). The van der Waals surface area contributed by atoms with Gasteiger partial charge in [-0.15, -0.1) is 0 Å². The SMILES string of the molecule is COc1ccc(CCNC(=O)COc2c(C)cc(C)cc2[N+](=O)[O-])cc1OC. The van der Waals surface area contributed by atoms with Gasteiger partial charge in [0.15, 0.2) is 18.1 Å². The van der Waals surface area contributed by atoms with E-state index in [1.54, 1.807) is 40.2 Å². The topological polar surface area (TPSA) is 99.9 Å². The van der Waals surface area contributed by atoms with Gasteiger partial charge in [-0.05, 0) is 49.1 Å². The van der Waals surface area contributed by atoms with Gasteiger partial charge in [-0.3, -0.25) is 14.9 Å². The number of nitrogens with one attached hydrogen (secondary N) is 1. The van der Waals surface area contributed by atoms with Crippen LogP contribution in [0.2, 0.25) is 0 Å². The van der Waals surface area contributed by atoms with Gasteiger partial charge in [0, 0.05) is 12.6 Å². The van der Waals surface area contributed by atoms with E-state index in [0.29, 0.717) is 30.0 Å². The molecule has 0 aliphatic carbocycles. The Morgan fingerprint density at radius 1 is 1.11 bits per heavy atom. The zero-order chi connectivity index (χ0) is 20.7. The molecule has 0 unspecified atom stereocenters. The highest BCUT2D eigenvalue weighted by Crippen LogP contribution is 2.32. The van der Waals surface area contributed by atoms with Crippen LogP contribution in [0.25, 0.3) is 0 Å². The molecule has 1 N–H and O–H groups in total.